The Morgan fingerprint density at radius 2 is 1.77 bits per heavy atom. The van der Waals surface area contributed by atoms with Gasteiger partial charge in [0.2, 0.25) is 0 Å². The highest BCUT2D eigenvalue weighted by Gasteiger charge is 2.22. The number of aryl methyl sites for hydroxylation is 1. The Morgan fingerprint density at radius 1 is 1.23 bits per heavy atom. The number of ether oxygens (including phenoxy) is 1. The van der Waals surface area contributed by atoms with Crippen LogP contribution in [0, 0.1) is 6.92 Å². The number of phenolic OH excluding ortho intramolecular Hbond substituents is 1. The van der Waals surface area contributed by atoms with E-state index in [1.165, 1.54) is 12.1 Å². The normalized spacial score (nSPS) is 12.5. The minimum absolute atomic E-state index is 0.0301. The highest BCUT2D eigenvalue weighted by atomic mass is 79.9. The Bertz CT molecular complexity index is 988. The van der Waals surface area contributed by atoms with Crippen LogP contribution in [0.2, 0.25) is 5.02 Å². The first-order valence-electron chi connectivity index (χ1n) is 8.79. The van der Waals surface area contributed by atoms with Crippen molar-refractivity contribution in [2.45, 2.75) is 50.7 Å². The van der Waals surface area contributed by atoms with Gasteiger partial charge in [0.15, 0.2) is 0 Å². The molecule has 2 aromatic carbocycles. The van der Waals surface area contributed by atoms with Crippen LogP contribution in [0.3, 0.4) is 0 Å². The summed E-state index contributed by atoms with van der Waals surface area (Å²) >= 11 is 9.12. The zero-order valence-electron chi connectivity index (χ0n) is 17.0. The average molecular weight is 523 g/mol. The zero-order valence-corrected chi connectivity index (χ0v) is 20.2. The number of nitrogens with two attached hydrogens (primary N) is 1. The number of phenols is 1. The van der Waals surface area contributed by atoms with Gasteiger partial charge >= 0.3 is 5.97 Å². The maximum absolute atomic E-state index is 11.7. The third kappa shape index (κ3) is 9.01. The van der Waals surface area contributed by atoms with Crippen molar-refractivity contribution < 1.29 is 27.6 Å². The lowest BCUT2D eigenvalue weighted by atomic mass is 10.0. The van der Waals surface area contributed by atoms with Crippen molar-refractivity contribution in [1.29, 1.82) is 0 Å². The number of aromatic hydroxyl groups is 1. The smallest absolute Gasteiger partial charge is 0.308 e. The molecule has 4 N–H and O–H groups in total. The lowest BCUT2D eigenvalue weighted by Crippen LogP contribution is -2.26. The van der Waals surface area contributed by atoms with E-state index >= 15 is 0 Å². The van der Waals surface area contributed by atoms with E-state index in [0.29, 0.717) is 10.0 Å². The number of hydrogen-bond acceptors (Lipinski definition) is 6. The van der Waals surface area contributed by atoms with E-state index in [1.54, 1.807) is 45.0 Å². The molecule has 2 aromatic rings. The summed E-state index contributed by atoms with van der Waals surface area (Å²) in [6.07, 6.45) is -0.0301. The zero-order chi connectivity index (χ0) is 23.3. The first kappa shape index (κ1) is 26.4. The van der Waals surface area contributed by atoms with Gasteiger partial charge in [-0.05, 0) is 52.0 Å². The molecule has 0 aliphatic heterocycles. The van der Waals surface area contributed by atoms with Gasteiger partial charge in [-0.3, -0.25) is 9.35 Å². The molecule has 0 unspecified atom stereocenters. The van der Waals surface area contributed by atoms with Gasteiger partial charge in [-0.25, -0.2) is 0 Å². The number of hydrogen-bond donors (Lipinski definition) is 3. The fourth-order valence-electron chi connectivity index (χ4n) is 2.25. The van der Waals surface area contributed by atoms with Crippen molar-refractivity contribution in [1.82, 2.24) is 0 Å². The SMILES string of the molecule is CC(C)(C)OC(=O)C[C@H](N)c1cc(Br)cc(Cl)c1O.Cc1ccc(S(=O)(=O)O)cc1. The van der Waals surface area contributed by atoms with Crippen LogP contribution in [-0.4, -0.2) is 29.6 Å². The number of rotatable bonds is 4. The van der Waals surface area contributed by atoms with Gasteiger partial charge in [0.05, 0.1) is 16.3 Å². The maximum atomic E-state index is 11.7. The molecule has 0 amide bonds. The standard InChI is InChI=1S/C13H17BrClNO3.C7H8O3S/c1-13(2,3)19-11(17)6-10(16)8-4-7(14)5-9(15)12(8)18;1-6-2-4-7(5-3-6)11(8,9)10/h4-5,10,18H,6,16H2,1-3H3;2-5H,1H3,(H,8,9,10)/t10-;/m0./s1. The van der Waals surface area contributed by atoms with Crippen molar-refractivity contribution in [2.75, 3.05) is 0 Å². The van der Waals surface area contributed by atoms with E-state index in [1.807, 2.05) is 6.92 Å². The molecule has 2 rings (SSSR count). The molecular formula is C20H25BrClNO6S. The highest BCUT2D eigenvalue weighted by molar-refractivity contribution is 9.10. The van der Waals surface area contributed by atoms with E-state index in [0.717, 1.165) is 5.56 Å². The Morgan fingerprint density at radius 3 is 2.23 bits per heavy atom. The number of esters is 1. The fourth-order valence-corrected chi connectivity index (χ4v) is 3.57. The summed E-state index contributed by atoms with van der Waals surface area (Å²) in [6.45, 7) is 7.19. The first-order chi connectivity index (χ1) is 13.6. The second-order valence-corrected chi connectivity index (χ2v) is 10.3. The lowest BCUT2D eigenvalue weighted by Gasteiger charge is -2.21. The topological polar surface area (TPSA) is 127 Å². The van der Waals surface area contributed by atoms with E-state index in [2.05, 4.69) is 15.9 Å². The molecule has 0 aliphatic carbocycles. The van der Waals surface area contributed by atoms with Crippen molar-refractivity contribution >= 4 is 43.6 Å². The van der Waals surface area contributed by atoms with Gasteiger partial charge in [0, 0.05) is 16.1 Å². The molecule has 166 valence electrons. The molecule has 0 heterocycles. The lowest BCUT2D eigenvalue weighted by molar-refractivity contribution is -0.155. The monoisotopic (exact) mass is 521 g/mol. The molecule has 0 saturated carbocycles. The Balaban J connectivity index is 0.000000346. The Hall–Kier alpha value is -1.65. The first-order valence-corrected chi connectivity index (χ1v) is 11.4. The summed E-state index contributed by atoms with van der Waals surface area (Å²) in [7, 11) is -4.02. The minimum atomic E-state index is -4.02. The maximum Gasteiger partial charge on any atom is 0.308 e. The van der Waals surface area contributed by atoms with Crippen LogP contribution in [0.1, 0.15) is 44.4 Å². The number of carbonyl (C=O) groups is 1. The summed E-state index contributed by atoms with van der Waals surface area (Å²) in [5, 5.41) is 10.0. The van der Waals surface area contributed by atoms with Gasteiger partial charge in [-0.15, -0.1) is 0 Å². The third-order valence-electron chi connectivity index (χ3n) is 3.58. The number of carbonyl (C=O) groups excluding carboxylic acids is 1. The summed E-state index contributed by atoms with van der Waals surface area (Å²) in [5.41, 5.74) is 6.71. The van der Waals surface area contributed by atoms with Gasteiger partial charge < -0.3 is 15.6 Å². The van der Waals surface area contributed by atoms with Crippen LogP contribution in [0.4, 0.5) is 0 Å². The predicted molar refractivity (Wildman–Crippen MR) is 119 cm³/mol. The molecule has 1 atom stereocenters. The molecule has 0 radical (unpaired) electrons. The van der Waals surface area contributed by atoms with Gasteiger partial charge in [-0.1, -0.05) is 45.2 Å². The van der Waals surface area contributed by atoms with Crippen LogP contribution in [0.25, 0.3) is 0 Å². The molecule has 0 fully saturated rings. The summed E-state index contributed by atoms with van der Waals surface area (Å²) < 4.78 is 35.4. The highest BCUT2D eigenvalue weighted by Crippen LogP contribution is 2.35. The molecule has 0 bridgehead atoms. The van der Waals surface area contributed by atoms with Crippen molar-refractivity contribution in [3.63, 3.8) is 0 Å². The fraction of sp³-hybridized carbons (Fsp3) is 0.350. The van der Waals surface area contributed by atoms with Crippen LogP contribution in [-0.2, 0) is 19.6 Å². The second kappa shape index (κ2) is 10.6. The Labute approximate surface area is 190 Å². The third-order valence-corrected chi connectivity index (χ3v) is 5.20. The minimum Gasteiger partial charge on any atom is -0.506 e. The van der Waals surface area contributed by atoms with E-state index < -0.39 is 27.7 Å². The summed E-state index contributed by atoms with van der Waals surface area (Å²) in [6, 6.07) is 8.50. The van der Waals surface area contributed by atoms with E-state index in [4.69, 9.17) is 26.6 Å². The van der Waals surface area contributed by atoms with Crippen molar-refractivity contribution in [3.8, 4) is 5.75 Å². The van der Waals surface area contributed by atoms with Crippen LogP contribution >= 0.6 is 27.5 Å². The molecule has 0 saturated heterocycles. The molecule has 0 aromatic heterocycles. The largest absolute Gasteiger partial charge is 0.506 e. The molecule has 30 heavy (non-hydrogen) atoms. The summed E-state index contributed by atoms with van der Waals surface area (Å²) in [5.74, 6) is -0.531. The van der Waals surface area contributed by atoms with Crippen molar-refractivity contribution in [2.24, 2.45) is 5.73 Å². The summed E-state index contributed by atoms with van der Waals surface area (Å²) in [4.78, 5) is 11.6. The number of benzene rings is 2. The quantitative estimate of drug-likeness (QED) is 0.389. The van der Waals surface area contributed by atoms with Crippen molar-refractivity contribution in [3.05, 3.63) is 57.0 Å². The second-order valence-electron chi connectivity index (χ2n) is 7.51. The number of halogens is 2. The molecular weight excluding hydrogens is 498 g/mol. The molecule has 10 heteroatoms. The van der Waals surface area contributed by atoms with E-state index in [9.17, 15) is 18.3 Å². The van der Waals surface area contributed by atoms with Crippen LogP contribution in [0.15, 0.2) is 45.8 Å². The predicted octanol–water partition coefficient (Wildman–Crippen LogP) is 4.78. The molecule has 0 spiro atoms. The van der Waals surface area contributed by atoms with Gasteiger partial charge in [0.25, 0.3) is 10.1 Å². The van der Waals surface area contributed by atoms with Crippen LogP contribution in [0.5, 0.6) is 5.75 Å². The van der Waals surface area contributed by atoms with Gasteiger partial charge in [0.1, 0.15) is 11.4 Å². The molecule has 0 aliphatic rings. The Kier molecular flexibility index (Phi) is 9.31. The van der Waals surface area contributed by atoms with E-state index in [-0.39, 0.29) is 22.1 Å². The van der Waals surface area contributed by atoms with Gasteiger partial charge in [-0.2, -0.15) is 8.42 Å². The molecule has 7 nitrogen and oxygen atoms in total. The average Bonchev–Trinajstić information content (AvgIpc) is 2.56. The van der Waals surface area contributed by atoms with Crippen LogP contribution < -0.4 is 5.73 Å².